The molecule has 0 unspecified atom stereocenters. The fraction of sp³-hybridized carbons (Fsp3) is 0.753. The topological polar surface area (TPSA) is 622 Å². The van der Waals surface area contributed by atoms with Gasteiger partial charge < -0.3 is 151 Å². The van der Waals surface area contributed by atoms with Crippen molar-refractivity contribution >= 4 is 65.0 Å². The fourth-order valence-corrected chi connectivity index (χ4v) is 12.7. The highest BCUT2D eigenvalue weighted by Crippen LogP contribution is 2.31. The third kappa shape index (κ3) is 39.2. The van der Waals surface area contributed by atoms with Crippen LogP contribution in [0.4, 0.5) is 22.0 Å². The van der Waals surface area contributed by atoms with Crippen LogP contribution in [0.5, 0.6) is 5.75 Å². The highest BCUT2D eigenvalue weighted by atomic mass is 19.2. The average Bonchev–Trinajstić information content (AvgIpc) is 0.927. The summed E-state index contributed by atoms with van der Waals surface area (Å²) in [5, 5.41) is 126. The highest BCUT2D eigenvalue weighted by Gasteiger charge is 2.48. The van der Waals surface area contributed by atoms with Gasteiger partial charge in [-0.3, -0.25) is 52.7 Å². The molecule has 1 aromatic heterocycles. The van der Waals surface area contributed by atoms with Crippen LogP contribution in [0.1, 0.15) is 136 Å². The lowest BCUT2D eigenvalue weighted by molar-refractivity contribution is -0.270. The summed E-state index contributed by atoms with van der Waals surface area (Å²) in [4.78, 5) is 139. The number of aliphatic hydroxyl groups is 9. The SMILES string of the molecule is CC(=O)N[C@H]1[C@H](OCCCCC(=O)NCCCNC(=O)CCOCC(COCCC(=O)NCCCNC(=O)CCCCO[C@@H]2O[C@H](CO)[C@H](O)[C@H](O)[C@H]2NC(C)=O)(COCCC(=O)NCCCNC(=O)CCCCO[C@@H]2O[C@H](CO)[C@H](O)[C@H](O)[C@H]2NC(C)=O)NC(=O)CCc2cn(CCOCCC(=O)Oc3c(F)c(F)c(F)c(F)c3F)nn2)O[C@H](CO)[C@H](O)[C@@H]1O. The van der Waals surface area contributed by atoms with Crippen LogP contribution < -0.4 is 57.9 Å². The third-order valence-electron chi connectivity index (χ3n) is 19.4. The number of benzene rings is 1. The quantitative estimate of drug-likeness (QED) is 0.00733. The van der Waals surface area contributed by atoms with Gasteiger partial charge in [0, 0.05) is 137 Å². The van der Waals surface area contributed by atoms with E-state index in [0.29, 0.717) is 57.8 Å². The van der Waals surface area contributed by atoms with Gasteiger partial charge >= 0.3 is 5.97 Å². The monoisotopic (exact) mass is 1820 g/mol. The van der Waals surface area contributed by atoms with Gasteiger partial charge in [0.05, 0.1) is 91.3 Å². The molecule has 716 valence electrons. The van der Waals surface area contributed by atoms with Crippen molar-refractivity contribution in [2.45, 2.75) is 240 Å². The van der Waals surface area contributed by atoms with Crippen LogP contribution in [0, 0.1) is 29.1 Å². The number of halogens is 5. The zero-order valence-corrected chi connectivity index (χ0v) is 70.6. The van der Waals surface area contributed by atoms with E-state index in [4.69, 9.17) is 47.4 Å². The smallest absolute Gasteiger partial charge is 0.313 e. The molecule has 0 radical (unpaired) electrons. The molecule has 0 aliphatic carbocycles. The first-order valence-corrected chi connectivity index (χ1v) is 41.6. The lowest BCUT2D eigenvalue weighted by Gasteiger charge is -2.42. The second-order valence-electron chi connectivity index (χ2n) is 29.9. The Bertz CT molecular complexity index is 3430. The average molecular weight is 1820 g/mol. The number of hydrogen-bond donors (Lipinski definition) is 19. The maximum Gasteiger partial charge on any atom is 0.313 e. The molecule has 3 fully saturated rings. The minimum atomic E-state index is -2.44. The van der Waals surface area contributed by atoms with Crippen LogP contribution in [-0.2, 0) is 113 Å². The summed E-state index contributed by atoms with van der Waals surface area (Å²) in [6.45, 7) is 0.329. The number of aryl methyl sites for hydroxylation is 1. The molecule has 3 saturated heterocycles. The Labute approximate surface area is 722 Å². The number of nitrogens with one attached hydrogen (secondary N) is 10. The minimum Gasteiger partial charge on any atom is -0.420 e. The molecule has 15 atom stereocenters. The molecule has 4 heterocycles. The van der Waals surface area contributed by atoms with E-state index in [1.54, 1.807) is 0 Å². The van der Waals surface area contributed by atoms with Crippen LogP contribution in [0.3, 0.4) is 0 Å². The Morgan fingerprint density at radius 1 is 0.397 bits per heavy atom. The number of aromatic nitrogens is 3. The number of nitrogens with zero attached hydrogens (tertiary/aromatic N) is 3. The second-order valence-corrected chi connectivity index (χ2v) is 29.9. The van der Waals surface area contributed by atoms with Gasteiger partial charge in [0.15, 0.2) is 18.9 Å². The lowest BCUT2D eigenvalue weighted by Crippen LogP contribution is -2.64. The summed E-state index contributed by atoms with van der Waals surface area (Å²) in [5.41, 5.74) is -1.33. The molecule has 0 saturated carbocycles. The number of carbonyl (C=O) groups is 11. The first kappa shape index (κ1) is 108. The Kier molecular flexibility index (Phi) is 50.4. The zero-order valence-electron chi connectivity index (χ0n) is 70.6. The molecular formula is C77H122F5N13O31. The van der Waals surface area contributed by atoms with E-state index in [1.165, 1.54) is 31.6 Å². The minimum absolute atomic E-state index is 0.00203. The van der Waals surface area contributed by atoms with Gasteiger partial charge in [-0.1, -0.05) is 5.21 Å². The molecule has 19 N–H and O–H groups in total. The third-order valence-corrected chi connectivity index (χ3v) is 19.4. The number of amides is 10. The van der Waals surface area contributed by atoms with Crippen molar-refractivity contribution in [3.05, 3.63) is 41.0 Å². The predicted molar refractivity (Wildman–Crippen MR) is 420 cm³/mol. The highest BCUT2D eigenvalue weighted by molar-refractivity contribution is 5.79. The fourth-order valence-electron chi connectivity index (χ4n) is 12.7. The summed E-state index contributed by atoms with van der Waals surface area (Å²) in [6.07, 6.45) is -12.8. The lowest BCUT2D eigenvalue weighted by atomic mass is 9.97. The van der Waals surface area contributed by atoms with Crippen molar-refractivity contribution in [1.82, 2.24) is 68.2 Å². The molecule has 44 nitrogen and oxygen atoms in total. The van der Waals surface area contributed by atoms with Gasteiger partial charge in [-0.05, 0) is 57.8 Å². The van der Waals surface area contributed by atoms with Gasteiger partial charge in [-0.15, -0.1) is 5.10 Å². The summed E-state index contributed by atoms with van der Waals surface area (Å²) in [6, 6.07) is -3.39. The van der Waals surface area contributed by atoms with Crippen LogP contribution in [-0.4, -0.2) is 355 Å². The van der Waals surface area contributed by atoms with Crippen LogP contribution >= 0.6 is 0 Å². The Morgan fingerprint density at radius 3 is 1.06 bits per heavy atom. The van der Waals surface area contributed by atoms with Crippen molar-refractivity contribution in [2.24, 2.45) is 0 Å². The molecule has 3 aliphatic heterocycles. The molecule has 0 bridgehead atoms. The van der Waals surface area contributed by atoms with E-state index >= 15 is 0 Å². The number of esters is 1. The molecule has 5 rings (SSSR count). The number of carbonyl (C=O) groups excluding carboxylic acids is 11. The first-order chi connectivity index (χ1) is 60.2. The van der Waals surface area contributed by atoms with Crippen LogP contribution in [0.15, 0.2) is 6.20 Å². The summed E-state index contributed by atoms with van der Waals surface area (Å²) >= 11 is 0. The predicted octanol–water partition coefficient (Wildman–Crippen LogP) is -5.75. The molecular weight excluding hydrogens is 1700 g/mol. The van der Waals surface area contributed by atoms with E-state index in [9.17, 15) is 121 Å². The zero-order chi connectivity index (χ0) is 92.7. The molecule has 126 heavy (non-hydrogen) atoms. The number of hydrogen-bond acceptors (Lipinski definition) is 33. The molecule has 0 spiro atoms. The molecule has 1 aromatic carbocycles. The van der Waals surface area contributed by atoms with E-state index in [1.807, 2.05) is 0 Å². The molecule has 3 aliphatic rings. The molecule has 2 aromatic rings. The first-order valence-electron chi connectivity index (χ1n) is 41.6. The maximum absolute atomic E-state index is 14.1. The molecule has 10 amide bonds. The van der Waals surface area contributed by atoms with E-state index < -0.39 is 232 Å². The molecule has 49 heteroatoms. The van der Waals surface area contributed by atoms with Crippen molar-refractivity contribution < 1.29 is 173 Å². The van der Waals surface area contributed by atoms with Crippen LogP contribution in [0.25, 0.3) is 0 Å². The summed E-state index contributed by atoms with van der Waals surface area (Å²) < 4.78 is 132. The summed E-state index contributed by atoms with van der Waals surface area (Å²) in [5.74, 6) is -19.4. The van der Waals surface area contributed by atoms with E-state index in [-0.39, 0.29) is 167 Å². The van der Waals surface area contributed by atoms with Crippen molar-refractivity contribution in [3.63, 3.8) is 0 Å². The normalized spacial score (nSPS) is 22.4. The largest absolute Gasteiger partial charge is 0.420 e. The van der Waals surface area contributed by atoms with Gasteiger partial charge in [-0.25, -0.2) is 17.9 Å². The Morgan fingerprint density at radius 2 is 0.722 bits per heavy atom. The van der Waals surface area contributed by atoms with E-state index in [0.717, 1.165) is 0 Å². The van der Waals surface area contributed by atoms with Gasteiger partial charge in [0.2, 0.25) is 93.9 Å². The van der Waals surface area contributed by atoms with E-state index in [2.05, 4.69) is 68.2 Å². The van der Waals surface area contributed by atoms with Gasteiger partial charge in [-0.2, -0.15) is 8.78 Å². The summed E-state index contributed by atoms with van der Waals surface area (Å²) in [7, 11) is 0. The van der Waals surface area contributed by atoms with Gasteiger partial charge in [0.1, 0.15) is 78.6 Å². The van der Waals surface area contributed by atoms with Crippen LogP contribution in [0.2, 0.25) is 0 Å². The second kappa shape index (κ2) is 58.8. The van der Waals surface area contributed by atoms with Gasteiger partial charge in [0.25, 0.3) is 0 Å². The Hall–Kier alpha value is -8.58. The number of rotatable bonds is 62. The van der Waals surface area contributed by atoms with Crippen molar-refractivity contribution in [2.75, 3.05) is 132 Å². The number of unbranched alkanes of at least 4 members (excludes halogenated alkanes) is 3. The number of aliphatic hydroxyl groups excluding tert-OH is 9. The van der Waals surface area contributed by atoms with Crippen molar-refractivity contribution in [3.8, 4) is 5.75 Å². The standard InChI is InChI=1S/C77H122F5N13O31/c1-44(99)89-64-70(113)67(110)48(38-96)123-74(64)120-29-7-4-13-51(102)83-22-10-25-86-54(105)18-32-117-41-77(92-57(108)17-16-47-37-95(94-93-47)28-36-116-35-21-58(109)126-73-62(81)60(79)59(78)61(80)63(73)82,42-118-33-19-55(106)87-26-11-23-84-52(103)14-5-8-30-121-75-65(90-45(2)100)71(114)68(111)49(39-97)124-75)43-119-34-20-56(107)88-27-12-24-85-53(104)15-6-9-31-122-76-66(91-46(3)101)72(115)69(112)50(40-98)125-76/h37,48-50,64-72,74-76,96-98,110-115H,4-36,38-43H2,1-3H3,(H,83,102)(H,84,103)(H,85,104)(H,86,105)(H,87,106)(H,88,107)(H,89,99)(H,90,100)(H,91,101)(H,92,108)/t48-,49-,50-,64-,65-,66-,67+,68+,69+,70-,71-,72-,74-,75-,76-/m1/s1. The number of ether oxygens (including phenoxy) is 11. The van der Waals surface area contributed by atoms with Crippen molar-refractivity contribution in [1.29, 1.82) is 0 Å². The Balaban J connectivity index is 1.15. The maximum atomic E-state index is 14.1.